The smallest absolute Gasteiger partial charge is 0.126 e. The van der Waals surface area contributed by atoms with E-state index in [1.54, 1.807) is 7.11 Å². The molecular formula is C13H19ClN2O. The standard InChI is InChI=1S/C13H19ClN2O/c1-9-5-11(14)6-10(13(9)17-2)7-16-12-3-4-15-8-12/h5-6,12,15-16H,3-4,7-8H2,1-2H3. The first-order valence-corrected chi connectivity index (χ1v) is 6.35. The highest BCUT2D eigenvalue weighted by molar-refractivity contribution is 6.30. The Morgan fingerprint density at radius 2 is 2.35 bits per heavy atom. The zero-order valence-corrected chi connectivity index (χ0v) is 11.1. The van der Waals surface area contributed by atoms with Crippen molar-refractivity contribution in [1.82, 2.24) is 10.6 Å². The molecule has 4 heteroatoms. The summed E-state index contributed by atoms with van der Waals surface area (Å²) in [6, 6.07) is 4.46. The second-order valence-electron chi connectivity index (χ2n) is 4.49. The predicted octanol–water partition coefficient (Wildman–Crippen LogP) is 2.11. The van der Waals surface area contributed by atoms with Crippen LogP contribution in [0.4, 0.5) is 0 Å². The van der Waals surface area contributed by atoms with Crippen molar-refractivity contribution >= 4 is 11.6 Å². The molecule has 0 radical (unpaired) electrons. The Morgan fingerprint density at radius 3 is 3.00 bits per heavy atom. The maximum Gasteiger partial charge on any atom is 0.126 e. The highest BCUT2D eigenvalue weighted by Crippen LogP contribution is 2.27. The van der Waals surface area contributed by atoms with Gasteiger partial charge in [0.1, 0.15) is 5.75 Å². The lowest BCUT2D eigenvalue weighted by Crippen LogP contribution is -2.30. The van der Waals surface area contributed by atoms with E-state index in [0.717, 1.165) is 41.5 Å². The Kier molecular flexibility index (Phi) is 4.26. The van der Waals surface area contributed by atoms with E-state index in [0.29, 0.717) is 6.04 Å². The van der Waals surface area contributed by atoms with Gasteiger partial charge in [0.25, 0.3) is 0 Å². The Bertz CT molecular complexity index is 389. The first-order chi connectivity index (χ1) is 8.20. The third kappa shape index (κ3) is 3.12. The van der Waals surface area contributed by atoms with Crippen molar-refractivity contribution in [3.63, 3.8) is 0 Å². The minimum absolute atomic E-state index is 0.555. The first-order valence-electron chi connectivity index (χ1n) is 5.98. The topological polar surface area (TPSA) is 33.3 Å². The van der Waals surface area contributed by atoms with Gasteiger partial charge in [0, 0.05) is 29.7 Å². The largest absolute Gasteiger partial charge is 0.496 e. The third-order valence-electron chi connectivity index (χ3n) is 3.16. The minimum Gasteiger partial charge on any atom is -0.496 e. The summed E-state index contributed by atoms with van der Waals surface area (Å²) < 4.78 is 5.43. The Hall–Kier alpha value is -0.770. The van der Waals surface area contributed by atoms with Crippen LogP contribution in [0.1, 0.15) is 17.5 Å². The Balaban J connectivity index is 2.07. The van der Waals surface area contributed by atoms with E-state index >= 15 is 0 Å². The molecule has 1 atom stereocenters. The molecule has 1 aromatic carbocycles. The molecule has 17 heavy (non-hydrogen) atoms. The third-order valence-corrected chi connectivity index (χ3v) is 3.38. The lowest BCUT2D eigenvalue weighted by molar-refractivity contribution is 0.402. The van der Waals surface area contributed by atoms with Crippen molar-refractivity contribution in [1.29, 1.82) is 0 Å². The quantitative estimate of drug-likeness (QED) is 0.864. The molecule has 1 fully saturated rings. The second-order valence-corrected chi connectivity index (χ2v) is 4.92. The van der Waals surface area contributed by atoms with Crippen LogP contribution in [0.2, 0.25) is 5.02 Å². The van der Waals surface area contributed by atoms with Gasteiger partial charge in [-0.3, -0.25) is 0 Å². The lowest BCUT2D eigenvalue weighted by Gasteiger charge is -2.15. The van der Waals surface area contributed by atoms with Crippen LogP contribution in [0.15, 0.2) is 12.1 Å². The summed E-state index contributed by atoms with van der Waals surface area (Å²) in [7, 11) is 1.71. The van der Waals surface area contributed by atoms with Crippen molar-refractivity contribution in [3.8, 4) is 5.75 Å². The average Bonchev–Trinajstić information content (AvgIpc) is 2.78. The van der Waals surface area contributed by atoms with Crippen LogP contribution in [0.3, 0.4) is 0 Å². The van der Waals surface area contributed by atoms with E-state index < -0.39 is 0 Å². The molecule has 0 spiro atoms. The molecule has 0 aromatic heterocycles. The van der Waals surface area contributed by atoms with Gasteiger partial charge in [-0.05, 0) is 37.6 Å². The van der Waals surface area contributed by atoms with Crippen LogP contribution < -0.4 is 15.4 Å². The van der Waals surface area contributed by atoms with Crippen molar-refractivity contribution in [2.75, 3.05) is 20.2 Å². The molecule has 0 amide bonds. The number of hydrogen-bond acceptors (Lipinski definition) is 3. The van der Waals surface area contributed by atoms with Crippen LogP contribution in [-0.2, 0) is 6.54 Å². The summed E-state index contributed by atoms with van der Waals surface area (Å²) in [5.41, 5.74) is 2.21. The summed E-state index contributed by atoms with van der Waals surface area (Å²) in [6.07, 6.45) is 1.18. The average molecular weight is 255 g/mol. The monoisotopic (exact) mass is 254 g/mol. The van der Waals surface area contributed by atoms with Gasteiger partial charge in [-0.15, -0.1) is 0 Å². The molecule has 0 bridgehead atoms. The number of ether oxygens (including phenoxy) is 1. The van der Waals surface area contributed by atoms with E-state index in [4.69, 9.17) is 16.3 Å². The molecule has 1 aliphatic heterocycles. The molecule has 0 saturated carbocycles. The summed E-state index contributed by atoms with van der Waals surface area (Å²) in [5.74, 6) is 0.938. The van der Waals surface area contributed by atoms with Crippen LogP contribution in [0.25, 0.3) is 0 Å². The molecule has 94 valence electrons. The van der Waals surface area contributed by atoms with Crippen LogP contribution in [-0.4, -0.2) is 26.2 Å². The fourth-order valence-electron chi connectivity index (χ4n) is 2.31. The van der Waals surface area contributed by atoms with Gasteiger partial charge in [-0.1, -0.05) is 11.6 Å². The zero-order valence-electron chi connectivity index (χ0n) is 10.3. The van der Waals surface area contributed by atoms with Gasteiger partial charge in [-0.25, -0.2) is 0 Å². The van der Waals surface area contributed by atoms with Gasteiger partial charge < -0.3 is 15.4 Å². The van der Waals surface area contributed by atoms with Gasteiger partial charge >= 0.3 is 0 Å². The number of aryl methyl sites for hydroxylation is 1. The highest BCUT2D eigenvalue weighted by atomic mass is 35.5. The molecule has 1 aromatic rings. The van der Waals surface area contributed by atoms with Crippen LogP contribution >= 0.6 is 11.6 Å². The number of halogens is 1. The fraction of sp³-hybridized carbons (Fsp3) is 0.538. The number of nitrogens with one attached hydrogen (secondary N) is 2. The van der Waals surface area contributed by atoms with Crippen molar-refractivity contribution in [2.45, 2.75) is 25.9 Å². The van der Waals surface area contributed by atoms with Crippen LogP contribution in [0, 0.1) is 6.92 Å². The number of methoxy groups -OCH3 is 1. The van der Waals surface area contributed by atoms with E-state index in [9.17, 15) is 0 Å². The van der Waals surface area contributed by atoms with Crippen molar-refractivity contribution in [2.24, 2.45) is 0 Å². The fourth-order valence-corrected chi connectivity index (χ4v) is 2.60. The lowest BCUT2D eigenvalue weighted by atomic mass is 10.1. The highest BCUT2D eigenvalue weighted by Gasteiger charge is 2.15. The number of hydrogen-bond donors (Lipinski definition) is 2. The van der Waals surface area contributed by atoms with Gasteiger partial charge in [0.05, 0.1) is 7.11 Å². The van der Waals surface area contributed by atoms with Gasteiger partial charge in [0.15, 0.2) is 0 Å². The summed E-state index contributed by atoms with van der Waals surface area (Å²) in [5, 5.41) is 7.63. The molecule has 1 unspecified atom stereocenters. The molecule has 2 rings (SSSR count). The number of benzene rings is 1. The molecule has 1 aliphatic rings. The Morgan fingerprint density at radius 1 is 1.53 bits per heavy atom. The summed E-state index contributed by atoms with van der Waals surface area (Å²) in [6.45, 7) is 4.97. The predicted molar refractivity (Wildman–Crippen MR) is 70.9 cm³/mol. The van der Waals surface area contributed by atoms with E-state index in [2.05, 4.69) is 10.6 Å². The molecule has 3 nitrogen and oxygen atoms in total. The zero-order chi connectivity index (χ0) is 12.3. The maximum absolute atomic E-state index is 6.08. The molecule has 1 saturated heterocycles. The molecule has 1 heterocycles. The second kappa shape index (κ2) is 5.71. The normalized spacial score (nSPS) is 19.6. The number of rotatable bonds is 4. The molecule has 2 N–H and O–H groups in total. The van der Waals surface area contributed by atoms with E-state index in [1.165, 1.54) is 6.42 Å². The molecular weight excluding hydrogens is 236 g/mol. The van der Waals surface area contributed by atoms with Gasteiger partial charge in [-0.2, -0.15) is 0 Å². The summed E-state index contributed by atoms with van der Waals surface area (Å²) >= 11 is 6.08. The van der Waals surface area contributed by atoms with Crippen molar-refractivity contribution < 1.29 is 4.74 Å². The Labute approximate surface area is 107 Å². The van der Waals surface area contributed by atoms with Crippen LogP contribution in [0.5, 0.6) is 5.75 Å². The van der Waals surface area contributed by atoms with E-state index in [-0.39, 0.29) is 0 Å². The van der Waals surface area contributed by atoms with Crippen molar-refractivity contribution in [3.05, 3.63) is 28.3 Å². The first kappa shape index (κ1) is 12.7. The van der Waals surface area contributed by atoms with E-state index in [1.807, 2.05) is 19.1 Å². The SMILES string of the molecule is COc1c(C)cc(Cl)cc1CNC1CCNC1. The molecule has 0 aliphatic carbocycles. The minimum atomic E-state index is 0.555. The maximum atomic E-state index is 6.08. The summed E-state index contributed by atoms with van der Waals surface area (Å²) in [4.78, 5) is 0. The van der Waals surface area contributed by atoms with Gasteiger partial charge in [0.2, 0.25) is 0 Å².